The molecular formula is C22H33BrO5. The Balaban J connectivity index is 1.43. The summed E-state index contributed by atoms with van der Waals surface area (Å²) >= 11 is 3.52. The van der Waals surface area contributed by atoms with Crippen molar-refractivity contribution >= 4 is 15.9 Å². The third-order valence-corrected chi connectivity index (χ3v) is 6.00. The Morgan fingerprint density at radius 1 is 1.04 bits per heavy atom. The van der Waals surface area contributed by atoms with Crippen molar-refractivity contribution in [2.45, 2.75) is 88.9 Å². The molecule has 28 heavy (non-hydrogen) atoms. The lowest BCUT2D eigenvalue weighted by atomic mass is 9.94. The molecule has 158 valence electrons. The Morgan fingerprint density at radius 3 is 2.50 bits per heavy atom. The van der Waals surface area contributed by atoms with E-state index in [0.29, 0.717) is 26.1 Å². The predicted octanol–water partition coefficient (Wildman–Crippen LogP) is 4.20. The maximum absolute atomic E-state index is 10.3. The van der Waals surface area contributed by atoms with E-state index in [2.05, 4.69) is 28.1 Å². The molecule has 0 spiro atoms. The molecule has 0 unspecified atom stereocenters. The van der Waals surface area contributed by atoms with Crippen LogP contribution < -0.4 is 0 Å². The van der Waals surface area contributed by atoms with Crippen LogP contribution in [0.4, 0.5) is 0 Å². The van der Waals surface area contributed by atoms with Crippen LogP contribution in [-0.4, -0.2) is 53.4 Å². The van der Waals surface area contributed by atoms with E-state index in [9.17, 15) is 5.11 Å². The maximum Gasteiger partial charge on any atom is 0.163 e. The van der Waals surface area contributed by atoms with Gasteiger partial charge in [-0.1, -0.05) is 46.3 Å². The van der Waals surface area contributed by atoms with Gasteiger partial charge in [0, 0.05) is 24.8 Å². The molecule has 3 rings (SSSR count). The number of hydrogen-bond donors (Lipinski definition) is 1. The van der Waals surface area contributed by atoms with E-state index < -0.39 is 5.79 Å². The van der Waals surface area contributed by atoms with Crippen molar-refractivity contribution in [2.75, 3.05) is 11.9 Å². The van der Waals surface area contributed by atoms with Crippen molar-refractivity contribution in [3.8, 4) is 0 Å². The smallest absolute Gasteiger partial charge is 0.163 e. The van der Waals surface area contributed by atoms with E-state index in [1.54, 1.807) is 0 Å². The van der Waals surface area contributed by atoms with Crippen molar-refractivity contribution in [3.05, 3.63) is 35.9 Å². The summed E-state index contributed by atoms with van der Waals surface area (Å²) in [6.45, 7) is 5.15. The molecule has 2 fully saturated rings. The number of hydrogen-bond acceptors (Lipinski definition) is 5. The van der Waals surface area contributed by atoms with E-state index in [0.717, 1.165) is 24.6 Å². The molecule has 2 saturated heterocycles. The monoisotopic (exact) mass is 456 g/mol. The minimum absolute atomic E-state index is 0.0118. The van der Waals surface area contributed by atoms with Gasteiger partial charge in [-0.2, -0.15) is 0 Å². The second kappa shape index (κ2) is 10.5. The van der Waals surface area contributed by atoms with Crippen LogP contribution in [0.15, 0.2) is 30.3 Å². The molecule has 1 N–H and O–H groups in total. The highest BCUT2D eigenvalue weighted by Gasteiger charge is 2.38. The molecule has 0 saturated carbocycles. The number of aliphatic hydroxyl groups excluding tert-OH is 1. The molecule has 2 aliphatic rings. The van der Waals surface area contributed by atoms with E-state index in [1.165, 1.54) is 5.56 Å². The quantitative estimate of drug-likeness (QED) is 0.469. The van der Waals surface area contributed by atoms with E-state index in [1.807, 2.05) is 32.0 Å². The first-order valence-electron chi connectivity index (χ1n) is 10.3. The van der Waals surface area contributed by atoms with Gasteiger partial charge < -0.3 is 24.1 Å². The Bertz CT molecular complexity index is 582. The first-order chi connectivity index (χ1) is 13.4. The first-order valence-corrected chi connectivity index (χ1v) is 11.4. The van der Waals surface area contributed by atoms with Gasteiger partial charge in [0.05, 0.1) is 37.1 Å². The van der Waals surface area contributed by atoms with Crippen molar-refractivity contribution in [1.82, 2.24) is 0 Å². The number of alkyl halides is 1. The van der Waals surface area contributed by atoms with Crippen molar-refractivity contribution in [2.24, 2.45) is 0 Å². The number of benzene rings is 1. The molecular weight excluding hydrogens is 424 g/mol. The predicted molar refractivity (Wildman–Crippen MR) is 111 cm³/mol. The molecule has 2 heterocycles. The zero-order valence-corrected chi connectivity index (χ0v) is 18.5. The van der Waals surface area contributed by atoms with Crippen molar-refractivity contribution in [3.63, 3.8) is 0 Å². The number of halogens is 1. The van der Waals surface area contributed by atoms with Crippen LogP contribution in [0.1, 0.15) is 51.5 Å². The number of aliphatic hydroxyl groups is 1. The highest BCUT2D eigenvalue weighted by Crippen LogP contribution is 2.33. The summed E-state index contributed by atoms with van der Waals surface area (Å²) in [6, 6.07) is 10.2. The Morgan fingerprint density at radius 2 is 1.75 bits per heavy atom. The van der Waals surface area contributed by atoms with Crippen molar-refractivity contribution in [1.29, 1.82) is 0 Å². The van der Waals surface area contributed by atoms with Gasteiger partial charge in [0.2, 0.25) is 0 Å². The third-order valence-electron chi connectivity index (χ3n) is 5.28. The fraction of sp³-hybridized carbons (Fsp3) is 0.727. The molecule has 6 heteroatoms. The summed E-state index contributed by atoms with van der Waals surface area (Å²) in [5, 5.41) is 11.1. The summed E-state index contributed by atoms with van der Waals surface area (Å²) in [5.41, 5.74) is 1.17. The summed E-state index contributed by atoms with van der Waals surface area (Å²) in [6.07, 6.45) is 3.71. The molecule has 2 aliphatic heterocycles. The van der Waals surface area contributed by atoms with Crippen LogP contribution in [0.2, 0.25) is 0 Å². The number of ether oxygens (including phenoxy) is 4. The summed E-state index contributed by atoms with van der Waals surface area (Å²) in [7, 11) is 0. The topological polar surface area (TPSA) is 57.2 Å². The van der Waals surface area contributed by atoms with Crippen LogP contribution in [0, 0.1) is 0 Å². The summed E-state index contributed by atoms with van der Waals surface area (Å²) in [4.78, 5) is 0. The molecule has 0 radical (unpaired) electrons. The average molecular weight is 457 g/mol. The molecule has 5 nitrogen and oxygen atoms in total. The summed E-state index contributed by atoms with van der Waals surface area (Å²) < 4.78 is 24.1. The molecule has 0 amide bonds. The number of rotatable bonds is 8. The van der Waals surface area contributed by atoms with Gasteiger partial charge in [-0.15, -0.1) is 0 Å². The van der Waals surface area contributed by atoms with Crippen LogP contribution in [-0.2, 0) is 25.6 Å². The van der Waals surface area contributed by atoms with Crippen molar-refractivity contribution < 1.29 is 24.1 Å². The molecule has 0 bridgehead atoms. The normalized spacial score (nSPS) is 32.9. The minimum Gasteiger partial charge on any atom is -0.393 e. The molecule has 0 aromatic heterocycles. The lowest BCUT2D eigenvalue weighted by Gasteiger charge is -2.42. The largest absolute Gasteiger partial charge is 0.393 e. The van der Waals surface area contributed by atoms with Gasteiger partial charge in [-0.05, 0) is 38.7 Å². The molecule has 0 aliphatic carbocycles. The molecule has 1 aromatic rings. The van der Waals surface area contributed by atoms with Gasteiger partial charge in [-0.25, -0.2) is 0 Å². The van der Waals surface area contributed by atoms with Crippen LogP contribution in [0.5, 0.6) is 0 Å². The van der Waals surface area contributed by atoms with E-state index >= 15 is 0 Å². The second-order valence-electron chi connectivity index (χ2n) is 8.34. The second-order valence-corrected chi connectivity index (χ2v) is 8.98. The zero-order valence-electron chi connectivity index (χ0n) is 16.9. The van der Waals surface area contributed by atoms with Crippen LogP contribution >= 0.6 is 15.9 Å². The molecule has 1 aromatic carbocycles. The van der Waals surface area contributed by atoms with Gasteiger partial charge in [0.1, 0.15) is 0 Å². The zero-order chi connectivity index (χ0) is 20.0. The lowest BCUT2D eigenvalue weighted by molar-refractivity contribution is -0.300. The fourth-order valence-corrected chi connectivity index (χ4v) is 4.55. The lowest BCUT2D eigenvalue weighted by Crippen LogP contribution is -2.47. The van der Waals surface area contributed by atoms with Gasteiger partial charge in [0.15, 0.2) is 5.79 Å². The van der Waals surface area contributed by atoms with Gasteiger partial charge in [-0.3, -0.25) is 0 Å². The Labute approximate surface area is 176 Å². The fourth-order valence-electron chi connectivity index (χ4n) is 4.16. The Hall–Kier alpha value is -0.500. The highest BCUT2D eigenvalue weighted by atomic mass is 79.9. The standard InChI is InChI=1S/C22H33BrO5/c1-22(2)27-20(13-21(14-23)28-22)12-19-11-17(24)10-18(26-19)8-9-25-15-16-6-4-3-5-7-16/h3-7,17-21,24H,8-15H2,1-2H3/t17-,18+,19+,20-,21+/m0/s1. The van der Waals surface area contributed by atoms with Gasteiger partial charge >= 0.3 is 0 Å². The SMILES string of the molecule is CC1(C)O[C@@H](CBr)C[C@H](C[C@H]2C[C@@H](O)C[C@@H](CCOCc3ccccc3)O2)O1. The minimum atomic E-state index is -0.584. The maximum atomic E-state index is 10.3. The van der Waals surface area contributed by atoms with E-state index in [4.69, 9.17) is 18.9 Å². The third kappa shape index (κ3) is 7.08. The van der Waals surface area contributed by atoms with Gasteiger partial charge in [0.25, 0.3) is 0 Å². The first kappa shape index (κ1) is 22.2. The average Bonchev–Trinajstić information content (AvgIpc) is 2.64. The van der Waals surface area contributed by atoms with E-state index in [-0.39, 0.29) is 30.5 Å². The van der Waals surface area contributed by atoms with Crippen LogP contribution in [0.25, 0.3) is 0 Å². The molecule has 5 atom stereocenters. The summed E-state index contributed by atoms with van der Waals surface area (Å²) in [5.74, 6) is -0.584. The highest BCUT2D eigenvalue weighted by molar-refractivity contribution is 9.09. The van der Waals surface area contributed by atoms with Crippen LogP contribution in [0.3, 0.4) is 0 Å². The Kier molecular flexibility index (Phi) is 8.33.